The summed E-state index contributed by atoms with van der Waals surface area (Å²) in [5, 5.41) is 3.22. The van der Waals surface area contributed by atoms with Crippen LogP contribution >= 0.6 is 11.8 Å². The van der Waals surface area contributed by atoms with Crippen LogP contribution in [-0.2, 0) is 14.8 Å². The van der Waals surface area contributed by atoms with E-state index in [0.29, 0.717) is 23.7 Å². The van der Waals surface area contributed by atoms with Crippen LogP contribution in [0.2, 0.25) is 0 Å². The number of nitrogens with zero attached hydrogens (tertiary/aromatic N) is 2. The van der Waals surface area contributed by atoms with Gasteiger partial charge in [0.25, 0.3) is 0 Å². The molecule has 0 spiro atoms. The Morgan fingerprint density at radius 3 is 2.36 bits per heavy atom. The zero-order valence-corrected chi connectivity index (χ0v) is 20.5. The summed E-state index contributed by atoms with van der Waals surface area (Å²) in [6.45, 7) is 6.18. The van der Waals surface area contributed by atoms with Crippen molar-refractivity contribution in [2.24, 2.45) is 5.92 Å². The molecule has 1 atom stereocenters. The van der Waals surface area contributed by atoms with Gasteiger partial charge in [0.05, 0.1) is 15.8 Å². The van der Waals surface area contributed by atoms with Crippen LogP contribution in [0.25, 0.3) is 11.3 Å². The second-order valence-electron chi connectivity index (χ2n) is 7.88. The molecule has 1 amide bonds. The molecule has 0 bridgehead atoms. The molecule has 1 unspecified atom stereocenters. The van der Waals surface area contributed by atoms with E-state index in [1.54, 1.807) is 12.1 Å². The summed E-state index contributed by atoms with van der Waals surface area (Å²) in [4.78, 5) is 21.7. The van der Waals surface area contributed by atoms with E-state index in [-0.39, 0.29) is 22.0 Å². The van der Waals surface area contributed by atoms with E-state index in [1.165, 1.54) is 30.2 Å². The van der Waals surface area contributed by atoms with Crippen molar-refractivity contribution in [3.63, 3.8) is 0 Å². The van der Waals surface area contributed by atoms with E-state index in [1.807, 2.05) is 57.2 Å². The Kier molecular flexibility index (Phi) is 8.60. The van der Waals surface area contributed by atoms with E-state index in [9.17, 15) is 13.2 Å². The third-order valence-corrected chi connectivity index (χ3v) is 7.49. The van der Waals surface area contributed by atoms with Crippen molar-refractivity contribution in [2.45, 2.75) is 42.4 Å². The fourth-order valence-corrected chi connectivity index (χ4v) is 5.06. The van der Waals surface area contributed by atoms with E-state index in [4.69, 9.17) is 0 Å². The van der Waals surface area contributed by atoms with Gasteiger partial charge in [0.1, 0.15) is 11.4 Å². The van der Waals surface area contributed by atoms with E-state index in [0.717, 1.165) is 11.3 Å². The Hall–Kier alpha value is -2.75. The lowest BCUT2D eigenvalue weighted by Gasteiger charge is -2.15. The summed E-state index contributed by atoms with van der Waals surface area (Å²) in [5.41, 5.74) is 2.32. The number of carbonyl (C=O) groups is 1. The Labute approximate surface area is 199 Å². The number of hydrogen-bond donors (Lipinski definition) is 2. The van der Waals surface area contributed by atoms with Crippen LogP contribution in [0.4, 0.5) is 5.69 Å². The highest BCUT2D eigenvalue weighted by atomic mass is 32.2. The molecule has 0 radical (unpaired) electrons. The zero-order valence-electron chi connectivity index (χ0n) is 18.9. The number of amides is 1. The topological polar surface area (TPSA) is 101 Å². The van der Waals surface area contributed by atoms with Gasteiger partial charge in [-0.25, -0.2) is 23.1 Å². The molecule has 2 aromatic carbocycles. The molecule has 0 aliphatic rings. The normalized spacial score (nSPS) is 12.5. The van der Waals surface area contributed by atoms with Crippen molar-refractivity contribution in [3.05, 3.63) is 67.0 Å². The molecule has 1 heterocycles. The van der Waals surface area contributed by atoms with Crippen molar-refractivity contribution in [1.82, 2.24) is 14.7 Å². The van der Waals surface area contributed by atoms with Crippen LogP contribution < -0.4 is 10.0 Å². The lowest BCUT2D eigenvalue weighted by molar-refractivity contribution is -0.115. The first-order valence-electron chi connectivity index (χ1n) is 10.7. The SMILES string of the molecule is CCC(Sc1cc(-c2ccccc2)ncn1)C(=O)Nc1ccc(S(=O)(=O)NCC(C)C)cc1. The highest BCUT2D eigenvalue weighted by Crippen LogP contribution is 2.27. The Bertz CT molecular complexity index is 1170. The quantitative estimate of drug-likeness (QED) is 0.322. The molecule has 0 fully saturated rings. The van der Waals surface area contributed by atoms with Crippen molar-refractivity contribution in [2.75, 3.05) is 11.9 Å². The van der Waals surface area contributed by atoms with E-state index < -0.39 is 10.0 Å². The van der Waals surface area contributed by atoms with Crippen LogP contribution in [-0.4, -0.2) is 36.1 Å². The van der Waals surface area contributed by atoms with Crippen LogP contribution in [0.1, 0.15) is 27.2 Å². The molecule has 7 nitrogen and oxygen atoms in total. The summed E-state index contributed by atoms with van der Waals surface area (Å²) in [6, 6.07) is 17.8. The Morgan fingerprint density at radius 2 is 1.73 bits per heavy atom. The lowest BCUT2D eigenvalue weighted by atomic mass is 10.1. The number of benzene rings is 2. The molecule has 3 aromatic rings. The van der Waals surface area contributed by atoms with Gasteiger partial charge in [-0.05, 0) is 42.7 Å². The number of sulfonamides is 1. The third-order valence-electron chi connectivity index (χ3n) is 4.75. The van der Waals surface area contributed by atoms with Gasteiger partial charge in [-0.2, -0.15) is 0 Å². The average Bonchev–Trinajstić information content (AvgIpc) is 2.82. The first-order chi connectivity index (χ1) is 15.8. The van der Waals surface area contributed by atoms with Gasteiger partial charge < -0.3 is 5.32 Å². The van der Waals surface area contributed by atoms with Gasteiger partial charge in [-0.3, -0.25) is 4.79 Å². The maximum Gasteiger partial charge on any atom is 0.240 e. The largest absolute Gasteiger partial charge is 0.325 e. The van der Waals surface area contributed by atoms with Gasteiger partial charge in [-0.1, -0.05) is 62.9 Å². The van der Waals surface area contributed by atoms with Crippen LogP contribution in [0.15, 0.2) is 76.9 Å². The molecule has 33 heavy (non-hydrogen) atoms. The molecular formula is C24H28N4O3S2. The molecular weight excluding hydrogens is 456 g/mol. The summed E-state index contributed by atoms with van der Waals surface area (Å²) in [7, 11) is -3.57. The van der Waals surface area contributed by atoms with Crippen molar-refractivity contribution in [3.8, 4) is 11.3 Å². The standard InChI is InChI=1S/C24H28N4O3S2/c1-4-22(32-23-14-21(25-16-26-23)18-8-6-5-7-9-18)24(29)28-19-10-12-20(13-11-19)33(30,31)27-15-17(2)3/h5-14,16-17,22,27H,4,15H2,1-3H3,(H,28,29). The molecule has 0 saturated carbocycles. The molecule has 0 saturated heterocycles. The van der Waals surface area contributed by atoms with Crippen LogP contribution in [0.5, 0.6) is 0 Å². The molecule has 3 rings (SSSR count). The number of anilines is 1. The van der Waals surface area contributed by atoms with Gasteiger partial charge in [0.15, 0.2) is 0 Å². The minimum absolute atomic E-state index is 0.164. The van der Waals surface area contributed by atoms with Crippen LogP contribution in [0.3, 0.4) is 0 Å². The lowest BCUT2D eigenvalue weighted by Crippen LogP contribution is -2.27. The summed E-state index contributed by atoms with van der Waals surface area (Å²) >= 11 is 1.37. The second-order valence-corrected chi connectivity index (χ2v) is 10.9. The maximum absolute atomic E-state index is 12.9. The fraction of sp³-hybridized carbons (Fsp3) is 0.292. The first kappa shape index (κ1) is 24.9. The number of aromatic nitrogens is 2. The summed E-state index contributed by atoms with van der Waals surface area (Å²) < 4.78 is 27.3. The Balaban J connectivity index is 1.66. The van der Waals surface area contributed by atoms with Gasteiger partial charge in [0.2, 0.25) is 15.9 Å². The van der Waals surface area contributed by atoms with E-state index >= 15 is 0 Å². The number of nitrogens with one attached hydrogen (secondary N) is 2. The highest BCUT2D eigenvalue weighted by Gasteiger charge is 2.20. The van der Waals surface area contributed by atoms with Crippen molar-refractivity contribution >= 4 is 33.4 Å². The number of thioether (sulfide) groups is 1. The highest BCUT2D eigenvalue weighted by molar-refractivity contribution is 8.00. The summed E-state index contributed by atoms with van der Waals surface area (Å²) in [5.74, 6) is 0.0383. The minimum atomic E-state index is -3.57. The molecule has 9 heteroatoms. The monoisotopic (exact) mass is 484 g/mol. The number of rotatable bonds is 10. The fourth-order valence-electron chi connectivity index (χ4n) is 2.94. The summed E-state index contributed by atoms with van der Waals surface area (Å²) in [6.07, 6.45) is 2.11. The molecule has 174 valence electrons. The zero-order chi connectivity index (χ0) is 23.8. The molecule has 1 aromatic heterocycles. The molecule has 0 aliphatic heterocycles. The molecule has 0 aliphatic carbocycles. The minimum Gasteiger partial charge on any atom is -0.325 e. The van der Waals surface area contributed by atoms with Gasteiger partial charge in [-0.15, -0.1) is 0 Å². The predicted octanol–water partition coefficient (Wildman–Crippen LogP) is 4.59. The predicted molar refractivity (Wildman–Crippen MR) is 133 cm³/mol. The second kappa shape index (κ2) is 11.4. The number of carbonyl (C=O) groups excluding carboxylic acids is 1. The van der Waals surface area contributed by atoms with Crippen molar-refractivity contribution in [1.29, 1.82) is 0 Å². The smallest absolute Gasteiger partial charge is 0.240 e. The maximum atomic E-state index is 12.9. The van der Waals surface area contributed by atoms with Gasteiger partial charge in [0, 0.05) is 17.8 Å². The molecule has 2 N–H and O–H groups in total. The Morgan fingerprint density at radius 1 is 1.03 bits per heavy atom. The average molecular weight is 485 g/mol. The van der Waals surface area contributed by atoms with E-state index in [2.05, 4.69) is 20.0 Å². The first-order valence-corrected chi connectivity index (χ1v) is 13.1. The third kappa shape index (κ3) is 7.12. The van der Waals surface area contributed by atoms with Crippen molar-refractivity contribution < 1.29 is 13.2 Å². The van der Waals surface area contributed by atoms with Gasteiger partial charge >= 0.3 is 0 Å². The number of hydrogen-bond acceptors (Lipinski definition) is 6. The van der Waals surface area contributed by atoms with Crippen LogP contribution in [0, 0.1) is 5.92 Å².